The SMILES string of the molecule is Cc1nn(C(C)C)c(C)c1S(=O)(=O)N1CCN(C(=O)C=Cc2ccco2)CC1. The number of piperazine rings is 1. The summed E-state index contributed by atoms with van der Waals surface area (Å²) in [5, 5.41) is 4.39. The molecule has 1 aliphatic heterocycles. The van der Waals surface area contributed by atoms with Gasteiger partial charge < -0.3 is 9.32 Å². The van der Waals surface area contributed by atoms with Crippen molar-refractivity contribution in [2.75, 3.05) is 26.2 Å². The van der Waals surface area contributed by atoms with Gasteiger partial charge in [-0.1, -0.05) is 0 Å². The number of aromatic nitrogens is 2. The number of nitrogens with zero attached hydrogens (tertiary/aromatic N) is 4. The number of amides is 1. The summed E-state index contributed by atoms with van der Waals surface area (Å²) in [4.78, 5) is 14.2. The average Bonchev–Trinajstić information content (AvgIpc) is 3.27. The molecule has 1 saturated heterocycles. The van der Waals surface area contributed by atoms with E-state index in [1.54, 1.807) is 47.9 Å². The van der Waals surface area contributed by atoms with Crippen LogP contribution in [0, 0.1) is 13.8 Å². The fourth-order valence-electron chi connectivity index (χ4n) is 3.45. The predicted molar refractivity (Wildman–Crippen MR) is 105 cm³/mol. The first-order valence-corrected chi connectivity index (χ1v) is 10.7. The van der Waals surface area contributed by atoms with Gasteiger partial charge in [-0.2, -0.15) is 9.40 Å². The van der Waals surface area contributed by atoms with Gasteiger partial charge in [-0.05, 0) is 45.9 Å². The van der Waals surface area contributed by atoms with Crippen LogP contribution in [0.2, 0.25) is 0 Å². The van der Waals surface area contributed by atoms with Gasteiger partial charge in [0.15, 0.2) is 0 Å². The summed E-state index contributed by atoms with van der Waals surface area (Å²) >= 11 is 0. The topological polar surface area (TPSA) is 88.7 Å². The molecule has 1 amide bonds. The lowest BCUT2D eigenvalue weighted by Gasteiger charge is -2.33. The maximum atomic E-state index is 13.2. The van der Waals surface area contributed by atoms with Crippen LogP contribution >= 0.6 is 0 Å². The minimum absolute atomic E-state index is 0.0815. The monoisotopic (exact) mass is 406 g/mol. The quantitative estimate of drug-likeness (QED) is 0.711. The van der Waals surface area contributed by atoms with E-state index >= 15 is 0 Å². The minimum Gasteiger partial charge on any atom is -0.465 e. The molecular formula is C19H26N4O4S. The van der Waals surface area contributed by atoms with Gasteiger partial charge in [0.25, 0.3) is 0 Å². The molecule has 8 nitrogen and oxygen atoms in total. The number of aryl methyl sites for hydroxylation is 1. The number of rotatable bonds is 5. The molecule has 0 atom stereocenters. The minimum atomic E-state index is -3.65. The molecule has 0 aromatic carbocycles. The summed E-state index contributed by atoms with van der Waals surface area (Å²) in [6.07, 6.45) is 4.60. The van der Waals surface area contributed by atoms with Crippen molar-refractivity contribution >= 4 is 22.0 Å². The zero-order chi connectivity index (χ0) is 20.5. The molecule has 2 aromatic rings. The van der Waals surface area contributed by atoms with E-state index in [2.05, 4.69) is 5.10 Å². The van der Waals surface area contributed by atoms with Crippen molar-refractivity contribution in [3.63, 3.8) is 0 Å². The first kappa shape index (κ1) is 20.3. The Morgan fingerprint density at radius 2 is 1.89 bits per heavy atom. The molecule has 2 aromatic heterocycles. The lowest BCUT2D eigenvalue weighted by molar-refractivity contribution is -0.127. The van der Waals surface area contributed by atoms with Crippen molar-refractivity contribution in [3.8, 4) is 0 Å². The fraction of sp³-hybridized carbons (Fsp3) is 0.474. The maximum absolute atomic E-state index is 13.2. The summed E-state index contributed by atoms with van der Waals surface area (Å²) in [6.45, 7) is 8.65. The number of hydrogen-bond acceptors (Lipinski definition) is 5. The molecular weight excluding hydrogens is 380 g/mol. The summed E-state index contributed by atoms with van der Waals surface area (Å²) in [5.41, 5.74) is 1.15. The molecule has 0 radical (unpaired) electrons. The van der Waals surface area contributed by atoms with Crippen molar-refractivity contribution < 1.29 is 17.6 Å². The molecule has 3 rings (SSSR count). The van der Waals surface area contributed by atoms with Gasteiger partial charge in [0.1, 0.15) is 10.7 Å². The van der Waals surface area contributed by atoms with Crippen molar-refractivity contribution in [2.24, 2.45) is 0 Å². The normalized spacial score (nSPS) is 16.4. The number of furan rings is 1. The van der Waals surface area contributed by atoms with Crippen LogP contribution in [0.25, 0.3) is 6.08 Å². The molecule has 3 heterocycles. The Kier molecular flexibility index (Phi) is 5.76. The highest BCUT2D eigenvalue weighted by atomic mass is 32.2. The molecule has 0 saturated carbocycles. The van der Waals surface area contributed by atoms with E-state index in [0.717, 1.165) is 0 Å². The van der Waals surface area contributed by atoms with Crippen molar-refractivity contribution in [1.82, 2.24) is 19.0 Å². The Morgan fingerprint density at radius 1 is 1.21 bits per heavy atom. The first-order chi connectivity index (χ1) is 13.2. The lowest BCUT2D eigenvalue weighted by atomic mass is 10.3. The third kappa shape index (κ3) is 3.90. The Labute approximate surface area is 165 Å². The van der Waals surface area contributed by atoms with Crippen LogP contribution in [-0.2, 0) is 14.8 Å². The molecule has 1 aliphatic rings. The molecule has 28 heavy (non-hydrogen) atoms. The van der Waals surface area contributed by atoms with Crippen LogP contribution in [0.5, 0.6) is 0 Å². The Hall–Kier alpha value is -2.39. The summed E-state index contributed by atoms with van der Waals surface area (Å²) in [6, 6.07) is 3.59. The van der Waals surface area contributed by atoms with Crippen LogP contribution in [0.15, 0.2) is 33.8 Å². The van der Waals surface area contributed by atoms with E-state index in [1.807, 2.05) is 13.8 Å². The van der Waals surface area contributed by atoms with Crippen LogP contribution in [-0.4, -0.2) is 59.5 Å². The summed E-state index contributed by atoms with van der Waals surface area (Å²) < 4.78 is 34.7. The molecule has 1 fully saturated rings. The van der Waals surface area contributed by atoms with Gasteiger partial charge in [0, 0.05) is 38.3 Å². The van der Waals surface area contributed by atoms with E-state index in [0.29, 0.717) is 30.2 Å². The smallest absolute Gasteiger partial charge is 0.246 e. The molecule has 152 valence electrons. The molecule has 0 N–H and O–H groups in total. The third-order valence-corrected chi connectivity index (χ3v) is 6.98. The number of hydrogen-bond donors (Lipinski definition) is 0. The van der Waals surface area contributed by atoms with Crippen LogP contribution < -0.4 is 0 Å². The van der Waals surface area contributed by atoms with E-state index in [1.165, 1.54) is 10.4 Å². The average molecular weight is 407 g/mol. The highest BCUT2D eigenvalue weighted by Crippen LogP contribution is 2.26. The van der Waals surface area contributed by atoms with E-state index in [4.69, 9.17) is 4.42 Å². The Balaban J connectivity index is 1.70. The van der Waals surface area contributed by atoms with Gasteiger partial charge in [0.05, 0.1) is 17.7 Å². The van der Waals surface area contributed by atoms with Gasteiger partial charge >= 0.3 is 0 Å². The molecule has 0 spiro atoms. The van der Waals surface area contributed by atoms with Crippen LogP contribution in [0.4, 0.5) is 0 Å². The van der Waals surface area contributed by atoms with Crippen LogP contribution in [0.1, 0.15) is 37.0 Å². The molecule has 0 unspecified atom stereocenters. The first-order valence-electron chi connectivity index (χ1n) is 9.28. The second kappa shape index (κ2) is 7.92. The highest BCUT2D eigenvalue weighted by Gasteiger charge is 2.34. The third-order valence-electron chi connectivity index (χ3n) is 4.83. The second-order valence-electron chi connectivity index (χ2n) is 7.12. The van der Waals surface area contributed by atoms with E-state index in [-0.39, 0.29) is 29.9 Å². The van der Waals surface area contributed by atoms with Gasteiger partial charge in [0.2, 0.25) is 15.9 Å². The highest BCUT2D eigenvalue weighted by molar-refractivity contribution is 7.89. The van der Waals surface area contributed by atoms with Crippen LogP contribution in [0.3, 0.4) is 0 Å². The molecule has 0 bridgehead atoms. The van der Waals surface area contributed by atoms with E-state index in [9.17, 15) is 13.2 Å². The van der Waals surface area contributed by atoms with Gasteiger partial charge in [-0.15, -0.1) is 0 Å². The zero-order valence-electron chi connectivity index (χ0n) is 16.6. The standard InChI is InChI=1S/C19H26N4O4S/c1-14(2)23-16(4)19(15(3)20-23)28(25,26)22-11-9-21(10-12-22)18(24)8-7-17-6-5-13-27-17/h5-8,13-14H,9-12H2,1-4H3. The number of sulfonamides is 1. The zero-order valence-corrected chi connectivity index (χ0v) is 17.4. The maximum Gasteiger partial charge on any atom is 0.246 e. The van der Waals surface area contributed by atoms with Gasteiger partial charge in [-0.25, -0.2) is 8.42 Å². The summed E-state index contributed by atoms with van der Waals surface area (Å²) in [7, 11) is -3.65. The Morgan fingerprint density at radius 3 is 2.43 bits per heavy atom. The second-order valence-corrected chi connectivity index (χ2v) is 8.99. The lowest BCUT2D eigenvalue weighted by Crippen LogP contribution is -2.50. The van der Waals surface area contributed by atoms with Gasteiger partial charge in [-0.3, -0.25) is 9.48 Å². The molecule has 0 aliphatic carbocycles. The number of carbonyl (C=O) groups is 1. The molecule has 9 heteroatoms. The van der Waals surface area contributed by atoms with Crippen molar-refractivity contribution in [2.45, 2.75) is 38.6 Å². The Bertz CT molecular complexity index is 966. The predicted octanol–water partition coefficient (Wildman–Crippen LogP) is 2.22. The fourth-order valence-corrected chi connectivity index (χ4v) is 5.23. The van der Waals surface area contributed by atoms with Crippen molar-refractivity contribution in [1.29, 1.82) is 0 Å². The summed E-state index contributed by atoms with van der Waals surface area (Å²) in [5.74, 6) is 0.441. The number of carbonyl (C=O) groups excluding carboxylic acids is 1. The van der Waals surface area contributed by atoms with Crippen molar-refractivity contribution in [3.05, 3.63) is 41.6 Å². The largest absolute Gasteiger partial charge is 0.465 e. The van der Waals surface area contributed by atoms with E-state index < -0.39 is 10.0 Å².